The molecule has 1 saturated heterocycles. The summed E-state index contributed by atoms with van der Waals surface area (Å²) in [5.74, 6) is -2.08. The number of hydrogen-bond acceptors (Lipinski definition) is 4. The zero-order chi connectivity index (χ0) is 15.2. The Bertz CT molecular complexity index is 479. The van der Waals surface area contributed by atoms with Gasteiger partial charge in [-0.15, -0.1) is 0 Å². The van der Waals surface area contributed by atoms with Crippen molar-refractivity contribution < 1.29 is 18.3 Å². The number of halogens is 2. The van der Waals surface area contributed by atoms with Crippen molar-refractivity contribution in [2.75, 3.05) is 45.2 Å². The highest BCUT2D eigenvalue weighted by molar-refractivity contribution is 5.92. The first-order valence-corrected chi connectivity index (χ1v) is 6.81. The van der Waals surface area contributed by atoms with Crippen LogP contribution in [-0.2, 0) is 9.53 Å². The van der Waals surface area contributed by atoms with Crippen LogP contribution >= 0.6 is 0 Å². The van der Waals surface area contributed by atoms with Crippen molar-refractivity contribution in [3.05, 3.63) is 29.8 Å². The Hall–Kier alpha value is -1.57. The molecule has 1 aromatic rings. The van der Waals surface area contributed by atoms with E-state index in [0.29, 0.717) is 13.2 Å². The summed E-state index contributed by atoms with van der Waals surface area (Å²) < 4.78 is 32.3. The van der Waals surface area contributed by atoms with Gasteiger partial charge < -0.3 is 20.3 Å². The van der Waals surface area contributed by atoms with E-state index in [1.54, 1.807) is 0 Å². The van der Waals surface area contributed by atoms with Gasteiger partial charge in [0.1, 0.15) is 17.3 Å². The number of carbonyl (C=O) groups is 1. The molecule has 116 valence electrons. The Balaban J connectivity index is 1.75. The second kappa shape index (κ2) is 7.44. The number of hydrogen-bond donors (Lipinski definition) is 2. The Kier molecular flexibility index (Phi) is 5.60. The normalized spacial score (nSPS) is 19.5. The van der Waals surface area contributed by atoms with Crippen molar-refractivity contribution in [1.82, 2.24) is 10.2 Å². The molecule has 0 spiro atoms. The second-order valence-electron chi connectivity index (χ2n) is 5.03. The van der Waals surface area contributed by atoms with Crippen LogP contribution in [0.15, 0.2) is 18.2 Å². The predicted molar refractivity (Wildman–Crippen MR) is 75.1 cm³/mol. The van der Waals surface area contributed by atoms with E-state index in [1.807, 2.05) is 7.05 Å². The van der Waals surface area contributed by atoms with Crippen molar-refractivity contribution in [1.29, 1.82) is 0 Å². The van der Waals surface area contributed by atoms with Crippen LogP contribution in [0.25, 0.3) is 0 Å². The molecular formula is C14H19F2N3O2. The Labute approximate surface area is 122 Å². The van der Waals surface area contributed by atoms with Crippen LogP contribution in [0.2, 0.25) is 0 Å². The molecule has 5 nitrogen and oxygen atoms in total. The Morgan fingerprint density at radius 2 is 2.14 bits per heavy atom. The molecule has 1 aliphatic rings. The molecule has 1 unspecified atom stereocenters. The summed E-state index contributed by atoms with van der Waals surface area (Å²) in [6.07, 6.45) is 0.0155. The molecule has 7 heteroatoms. The first kappa shape index (κ1) is 15.8. The van der Waals surface area contributed by atoms with Gasteiger partial charge in [0.25, 0.3) is 0 Å². The van der Waals surface area contributed by atoms with Crippen molar-refractivity contribution in [2.24, 2.45) is 0 Å². The van der Waals surface area contributed by atoms with E-state index >= 15 is 0 Å². The lowest BCUT2D eigenvalue weighted by atomic mass is 10.2. The SMILES string of the molecule is CN1CCOC(CNCC(=O)Nc2c(F)cccc2F)C1. The fourth-order valence-electron chi connectivity index (χ4n) is 2.14. The van der Waals surface area contributed by atoms with Crippen LogP contribution < -0.4 is 10.6 Å². The molecule has 1 amide bonds. The molecule has 0 radical (unpaired) electrons. The topological polar surface area (TPSA) is 53.6 Å². The fraction of sp³-hybridized carbons (Fsp3) is 0.500. The van der Waals surface area contributed by atoms with Gasteiger partial charge in [0, 0.05) is 19.6 Å². The number of nitrogens with one attached hydrogen (secondary N) is 2. The zero-order valence-corrected chi connectivity index (χ0v) is 11.9. The van der Waals surface area contributed by atoms with Gasteiger partial charge in [-0.1, -0.05) is 6.07 Å². The fourth-order valence-corrected chi connectivity index (χ4v) is 2.14. The van der Waals surface area contributed by atoms with Gasteiger partial charge in [-0.3, -0.25) is 4.79 Å². The monoisotopic (exact) mass is 299 g/mol. The molecule has 0 saturated carbocycles. The first-order chi connectivity index (χ1) is 10.1. The van der Waals surface area contributed by atoms with Gasteiger partial charge in [-0.25, -0.2) is 8.78 Å². The number of nitrogens with zero attached hydrogens (tertiary/aromatic N) is 1. The van der Waals surface area contributed by atoms with Crippen LogP contribution in [0.5, 0.6) is 0 Å². The molecule has 1 aromatic carbocycles. The number of para-hydroxylation sites is 1. The molecule has 1 fully saturated rings. The maximum atomic E-state index is 13.4. The zero-order valence-electron chi connectivity index (χ0n) is 11.9. The van der Waals surface area contributed by atoms with Gasteiger partial charge in [-0.05, 0) is 19.2 Å². The molecule has 0 aromatic heterocycles. The number of morpholine rings is 1. The van der Waals surface area contributed by atoms with Crippen molar-refractivity contribution in [3.63, 3.8) is 0 Å². The van der Waals surface area contributed by atoms with Crippen molar-refractivity contribution >= 4 is 11.6 Å². The number of carbonyl (C=O) groups excluding carboxylic acids is 1. The minimum absolute atomic E-state index is 0.0155. The third kappa shape index (κ3) is 4.73. The Morgan fingerprint density at radius 3 is 2.81 bits per heavy atom. The molecule has 1 heterocycles. The van der Waals surface area contributed by atoms with Gasteiger partial charge in [-0.2, -0.15) is 0 Å². The minimum atomic E-state index is -0.791. The summed E-state index contributed by atoms with van der Waals surface area (Å²) in [7, 11) is 2.00. The number of amides is 1. The number of ether oxygens (including phenoxy) is 1. The molecule has 0 bridgehead atoms. The Morgan fingerprint density at radius 1 is 1.43 bits per heavy atom. The summed E-state index contributed by atoms with van der Waals surface area (Å²) in [6, 6.07) is 3.44. The summed E-state index contributed by atoms with van der Waals surface area (Å²) >= 11 is 0. The van der Waals surface area contributed by atoms with E-state index < -0.39 is 23.2 Å². The quantitative estimate of drug-likeness (QED) is 0.845. The smallest absolute Gasteiger partial charge is 0.238 e. The van der Waals surface area contributed by atoms with E-state index in [0.717, 1.165) is 25.2 Å². The number of benzene rings is 1. The number of rotatable bonds is 5. The molecule has 1 aliphatic heterocycles. The summed E-state index contributed by atoms with van der Waals surface area (Å²) in [6.45, 7) is 2.82. The highest BCUT2D eigenvalue weighted by Gasteiger charge is 2.18. The predicted octanol–water partition coefficient (Wildman–Crippen LogP) is 0.824. The minimum Gasteiger partial charge on any atom is -0.374 e. The van der Waals surface area contributed by atoms with Crippen molar-refractivity contribution in [3.8, 4) is 0 Å². The van der Waals surface area contributed by atoms with Gasteiger partial charge in [0.15, 0.2) is 0 Å². The van der Waals surface area contributed by atoms with Crippen LogP contribution in [-0.4, -0.2) is 56.7 Å². The maximum Gasteiger partial charge on any atom is 0.238 e. The van der Waals surface area contributed by atoms with Gasteiger partial charge in [0.05, 0.1) is 19.3 Å². The summed E-state index contributed by atoms with van der Waals surface area (Å²) in [5, 5.41) is 5.15. The third-order valence-corrected chi connectivity index (χ3v) is 3.23. The van der Waals surface area contributed by atoms with Crippen LogP contribution in [0.4, 0.5) is 14.5 Å². The van der Waals surface area contributed by atoms with Crippen LogP contribution in [0, 0.1) is 11.6 Å². The number of anilines is 1. The standard InChI is InChI=1S/C14H19F2N3O2/c1-19-5-6-21-10(9-19)7-17-8-13(20)18-14-11(15)3-2-4-12(14)16/h2-4,10,17H,5-9H2,1H3,(H,18,20). The van der Waals surface area contributed by atoms with Gasteiger partial charge in [0.2, 0.25) is 5.91 Å². The lowest BCUT2D eigenvalue weighted by Crippen LogP contribution is -2.45. The highest BCUT2D eigenvalue weighted by atomic mass is 19.1. The van der Waals surface area contributed by atoms with E-state index in [9.17, 15) is 13.6 Å². The third-order valence-electron chi connectivity index (χ3n) is 3.23. The largest absolute Gasteiger partial charge is 0.374 e. The first-order valence-electron chi connectivity index (χ1n) is 6.81. The van der Waals surface area contributed by atoms with Crippen LogP contribution in [0.3, 0.4) is 0 Å². The molecule has 21 heavy (non-hydrogen) atoms. The van der Waals surface area contributed by atoms with Crippen LogP contribution in [0.1, 0.15) is 0 Å². The molecule has 2 rings (SSSR count). The van der Waals surface area contributed by atoms with Gasteiger partial charge >= 0.3 is 0 Å². The van der Waals surface area contributed by atoms with Crippen molar-refractivity contribution in [2.45, 2.75) is 6.10 Å². The second-order valence-corrected chi connectivity index (χ2v) is 5.03. The number of likely N-dealkylation sites (N-methyl/N-ethyl adjacent to an activating group) is 1. The van der Waals surface area contributed by atoms with E-state index in [2.05, 4.69) is 15.5 Å². The average molecular weight is 299 g/mol. The lowest BCUT2D eigenvalue weighted by molar-refractivity contribution is -0.115. The molecule has 1 atom stereocenters. The summed E-state index contributed by atoms with van der Waals surface area (Å²) in [4.78, 5) is 13.8. The average Bonchev–Trinajstić information content (AvgIpc) is 2.43. The lowest BCUT2D eigenvalue weighted by Gasteiger charge is -2.30. The molecular weight excluding hydrogens is 280 g/mol. The van der Waals surface area contributed by atoms with E-state index in [1.165, 1.54) is 6.07 Å². The summed E-state index contributed by atoms with van der Waals surface area (Å²) in [5.41, 5.74) is -0.419. The van der Waals surface area contributed by atoms with E-state index in [4.69, 9.17) is 4.74 Å². The highest BCUT2D eigenvalue weighted by Crippen LogP contribution is 2.17. The van der Waals surface area contributed by atoms with E-state index in [-0.39, 0.29) is 12.6 Å². The molecule has 0 aliphatic carbocycles. The maximum absolute atomic E-state index is 13.4. The molecule has 2 N–H and O–H groups in total.